The van der Waals surface area contributed by atoms with E-state index in [1.165, 1.54) is 6.42 Å². The maximum absolute atomic E-state index is 12.1. The third-order valence-electron chi connectivity index (χ3n) is 5.43. The quantitative estimate of drug-likeness (QED) is 0.667. The van der Waals surface area contributed by atoms with Crippen LogP contribution in [0, 0.1) is 31.6 Å². The van der Waals surface area contributed by atoms with Gasteiger partial charge in [0, 0.05) is 0 Å². The van der Waals surface area contributed by atoms with Gasteiger partial charge in [0.2, 0.25) is 0 Å². The van der Waals surface area contributed by atoms with Crippen molar-refractivity contribution in [3.8, 4) is 5.75 Å². The molecule has 1 fully saturated rings. The lowest BCUT2D eigenvalue weighted by Gasteiger charge is -2.36. The van der Waals surface area contributed by atoms with Crippen LogP contribution in [0.15, 0.2) is 18.2 Å². The molecule has 0 aromatic heterocycles. The molecule has 5 heteroatoms. The summed E-state index contributed by atoms with van der Waals surface area (Å²) in [5.74, 6) is 0.917. The molecule has 1 aromatic rings. The van der Waals surface area contributed by atoms with Crippen LogP contribution in [-0.2, 0) is 19.1 Å². The third-order valence-corrected chi connectivity index (χ3v) is 5.43. The summed E-state index contributed by atoms with van der Waals surface area (Å²) in [6.45, 7) is 9.89. The van der Waals surface area contributed by atoms with E-state index in [1.807, 2.05) is 26.0 Å². The Bertz CT molecular complexity index is 652. The van der Waals surface area contributed by atoms with Crippen molar-refractivity contribution in [3.63, 3.8) is 0 Å². The van der Waals surface area contributed by atoms with E-state index in [0.717, 1.165) is 24.0 Å². The first-order valence-electron chi connectivity index (χ1n) is 9.81. The highest BCUT2D eigenvalue weighted by molar-refractivity contribution is 5.77. The lowest BCUT2D eigenvalue weighted by atomic mass is 9.75. The second-order valence-electron chi connectivity index (χ2n) is 8.05. The summed E-state index contributed by atoms with van der Waals surface area (Å²) >= 11 is 0. The maximum atomic E-state index is 12.1. The molecule has 1 aromatic carbocycles. The van der Waals surface area contributed by atoms with Crippen molar-refractivity contribution in [2.24, 2.45) is 17.8 Å². The topological polar surface area (TPSA) is 61.8 Å². The third kappa shape index (κ3) is 6.56. The van der Waals surface area contributed by atoms with Crippen molar-refractivity contribution in [1.29, 1.82) is 0 Å². The average molecular weight is 376 g/mol. The second kappa shape index (κ2) is 9.77. The summed E-state index contributed by atoms with van der Waals surface area (Å²) in [5.41, 5.74) is 2.25. The Labute approximate surface area is 162 Å². The molecule has 27 heavy (non-hydrogen) atoms. The molecule has 0 N–H and O–H groups in total. The van der Waals surface area contributed by atoms with Gasteiger partial charge in [-0.3, -0.25) is 0 Å². The van der Waals surface area contributed by atoms with Crippen molar-refractivity contribution in [3.05, 3.63) is 29.3 Å². The average Bonchev–Trinajstić information content (AvgIpc) is 2.60. The van der Waals surface area contributed by atoms with E-state index in [-0.39, 0.29) is 19.3 Å². The molecule has 0 radical (unpaired) electrons. The zero-order valence-corrected chi connectivity index (χ0v) is 17.1. The van der Waals surface area contributed by atoms with Crippen LogP contribution >= 0.6 is 0 Å². The summed E-state index contributed by atoms with van der Waals surface area (Å²) in [4.78, 5) is 23.9. The van der Waals surface area contributed by atoms with Gasteiger partial charge in [0.15, 0.2) is 13.2 Å². The van der Waals surface area contributed by atoms with Crippen molar-refractivity contribution < 1.29 is 23.8 Å². The Morgan fingerprint density at radius 2 is 1.81 bits per heavy atom. The number of benzene rings is 1. The predicted molar refractivity (Wildman–Crippen MR) is 104 cm³/mol. The van der Waals surface area contributed by atoms with E-state index in [4.69, 9.17) is 14.2 Å². The van der Waals surface area contributed by atoms with Gasteiger partial charge in [-0.15, -0.1) is 0 Å². The lowest BCUT2D eigenvalue weighted by molar-refractivity contribution is -0.167. The molecule has 3 unspecified atom stereocenters. The molecular formula is C22H32O5. The van der Waals surface area contributed by atoms with Crippen LogP contribution in [0.5, 0.6) is 5.75 Å². The predicted octanol–water partition coefficient (Wildman–Crippen LogP) is 4.23. The summed E-state index contributed by atoms with van der Waals surface area (Å²) in [5, 5.41) is 0. The van der Waals surface area contributed by atoms with Crippen LogP contribution in [-0.4, -0.2) is 31.3 Å². The fraction of sp³-hybridized carbons (Fsp3) is 0.636. The maximum Gasteiger partial charge on any atom is 0.344 e. The molecule has 0 heterocycles. The fourth-order valence-electron chi connectivity index (χ4n) is 3.58. The molecule has 0 aliphatic heterocycles. The number of hydrogen-bond acceptors (Lipinski definition) is 5. The van der Waals surface area contributed by atoms with Crippen LogP contribution in [0.4, 0.5) is 0 Å². The van der Waals surface area contributed by atoms with Gasteiger partial charge in [-0.25, -0.2) is 9.59 Å². The Morgan fingerprint density at radius 3 is 2.48 bits per heavy atom. The molecule has 1 saturated carbocycles. The minimum absolute atomic E-state index is 0.0910. The fourth-order valence-corrected chi connectivity index (χ4v) is 3.58. The van der Waals surface area contributed by atoms with Gasteiger partial charge < -0.3 is 14.2 Å². The first-order chi connectivity index (χ1) is 12.8. The first-order valence-corrected chi connectivity index (χ1v) is 9.81. The number of esters is 2. The summed E-state index contributed by atoms with van der Waals surface area (Å²) in [7, 11) is 0. The number of rotatable bonds is 7. The second-order valence-corrected chi connectivity index (χ2v) is 8.05. The van der Waals surface area contributed by atoms with Crippen LogP contribution in [0.2, 0.25) is 0 Å². The summed E-state index contributed by atoms with van der Waals surface area (Å²) in [6.07, 6.45) is 3.02. The Balaban J connectivity index is 1.75. The number of aryl methyl sites for hydroxylation is 2. The molecule has 3 atom stereocenters. The van der Waals surface area contributed by atoms with Gasteiger partial charge in [0.25, 0.3) is 0 Å². The zero-order chi connectivity index (χ0) is 20.0. The highest BCUT2D eigenvalue weighted by atomic mass is 16.6. The monoisotopic (exact) mass is 376 g/mol. The summed E-state index contributed by atoms with van der Waals surface area (Å²) < 4.78 is 16.0. The van der Waals surface area contributed by atoms with Gasteiger partial charge in [-0.05, 0) is 67.7 Å². The minimum Gasteiger partial charge on any atom is -0.482 e. The highest BCUT2D eigenvalue weighted by Crippen LogP contribution is 2.35. The van der Waals surface area contributed by atoms with Crippen LogP contribution in [0.25, 0.3) is 0 Å². The van der Waals surface area contributed by atoms with Gasteiger partial charge in [0.1, 0.15) is 11.9 Å². The molecule has 0 amide bonds. The SMILES string of the molecule is Cc1ccc(OCC(=O)OCC(=O)OC2CC(C)CCC2C(C)C)cc1C. The van der Waals surface area contributed by atoms with Gasteiger partial charge >= 0.3 is 11.9 Å². The lowest BCUT2D eigenvalue weighted by Crippen LogP contribution is -2.37. The summed E-state index contributed by atoms with van der Waals surface area (Å²) in [6, 6.07) is 5.61. The Morgan fingerprint density at radius 1 is 1.07 bits per heavy atom. The van der Waals surface area contributed by atoms with E-state index >= 15 is 0 Å². The molecule has 5 nitrogen and oxygen atoms in total. The molecule has 1 aliphatic carbocycles. The molecular weight excluding hydrogens is 344 g/mol. The van der Waals surface area contributed by atoms with E-state index in [0.29, 0.717) is 23.5 Å². The minimum atomic E-state index is -0.581. The zero-order valence-electron chi connectivity index (χ0n) is 17.1. The largest absolute Gasteiger partial charge is 0.482 e. The normalized spacial score (nSPS) is 22.4. The highest BCUT2D eigenvalue weighted by Gasteiger charge is 2.33. The molecule has 0 spiro atoms. The van der Waals surface area contributed by atoms with E-state index in [2.05, 4.69) is 20.8 Å². The number of carbonyl (C=O) groups is 2. The van der Waals surface area contributed by atoms with Crippen molar-refractivity contribution in [2.75, 3.05) is 13.2 Å². The molecule has 0 saturated heterocycles. The van der Waals surface area contributed by atoms with Crippen molar-refractivity contribution in [1.82, 2.24) is 0 Å². The van der Waals surface area contributed by atoms with Crippen LogP contribution < -0.4 is 4.74 Å². The van der Waals surface area contributed by atoms with E-state index in [1.54, 1.807) is 6.07 Å². The Kier molecular flexibility index (Phi) is 7.69. The molecule has 0 bridgehead atoms. The standard InChI is InChI=1S/C22H32O5/c1-14(2)19-9-6-15(3)10-20(19)27-22(24)13-26-21(23)12-25-18-8-7-16(4)17(5)11-18/h7-8,11,14-15,19-20H,6,9-10,12-13H2,1-5H3. The van der Waals surface area contributed by atoms with E-state index in [9.17, 15) is 9.59 Å². The molecule has 2 rings (SSSR count). The first kappa shape index (κ1) is 21.3. The van der Waals surface area contributed by atoms with Gasteiger partial charge in [-0.2, -0.15) is 0 Å². The number of carbonyl (C=O) groups excluding carboxylic acids is 2. The van der Waals surface area contributed by atoms with Crippen LogP contribution in [0.1, 0.15) is 51.2 Å². The Hall–Kier alpha value is -2.04. The number of ether oxygens (including phenoxy) is 3. The van der Waals surface area contributed by atoms with Crippen molar-refractivity contribution >= 4 is 11.9 Å². The van der Waals surface area contributed by atoms with E-state index < -0.39 is 11.9 Å². The van der Waals surface area contributed by atoms with Gasteiger partial charge in [-0.1, -0.05) is 33.3 Å². The molecule has 150 valence electrons. The van der Waals surface area contributed by atoms with Gasteiger partial charge in [0.05, 0.1) is 0 Å². The van der Waals surface area contributed by atoms with Crippen molar-refractivity contribution in [2.45, 2.75) is 60.0 Å². The van der Waals surface area contributed by atoms with Crippen LogP contribution in [0.3, 0.4) is 0 Å². The smallest absolute Gasteiger partial charge is 0.344 e. The number of hydrogen-bond donors (Lipinski definition) is 0. The molecule has 1 aliphatic rings.